The second kappa shape index (κ2) is 5.72. The highest BCUT2D eigenvalue weighted by atomic mass is 16.4. The van der Waals surface area contributed by atoms with Crippen molar-refractivity contribution in [1.29, 1.82) is 0 Å². The minimum Gasteiger partial charge on any atom is -0.478 e. The second-order valence-corrected chi connectivity index (χ2v) is 3.95. The molecule has 2 N–H and O–H groups in total. The fourth-order valence-electron chi connectivity index (χ4n) is 1.70. The molecule has 0 heterocycles. The van der Waals surface area contributed by atoms with Gasteiger partial charge in [0.25, 0.3) is 0 Å². The van der Waals surface area contributed by atoms with Crippen molar-refractivity contribution < 1.29 is 19.8 Å². The lowest BCUT2D eigenvalue weighted by molar-refractivity contribution is 0.0696. The third kappa shape index (κ3) is 2.85. The second-order valence-electron chi connectivity index (χ2n) is 3.95. The predicted octanol–water partition coefficient (Wildman–Crippen LogP) is 2.48. The number of aromatic carboxylic acids is 2. The van der Waals surface area contributed by atoms with Gasteiger partial charge in [-0.2, -0.15) is 0 Å². The molecular formula is C16H10O4. The van der Waals surface area contributed by atoms with Crippen LogP contribution in [-0.2, 0) is 0 Å². The Bertz CT molecular complexity index is 689. The predicted molar refractivity (Wildman–Crippen MR) is 72.8 cm³/mol. The maximum Gasteiger partial charge on any atom is 0.336 e. The first-order chi connectivity index (χ1) is 9.59. The van der Waals surface area contributed by atoms with Gasteiger partial charge < -0.3 is 10.2 Å². The van der Waals surface area contributed by atoms with Crippen LogP contribution in [0.1, 0.15) is 31.8 Å². The summed E-state index contributed by atoms with van der Waals surface area (Å²) < 4.78 is 0. The molecule has 2 aromatic rings. The molecule has 0 aromatic heterocycles. The van der Waals surface area contributed by atoms with Crippen LogP contribution in [0.15, 0.2) is 48.5 Å². The van der Waals surface area contributed by atoms with Crippen molar-refractivity contribution >= 4 is 11.9 Å². The highest BCUT2D eigenvalue weighted by Crippen LogP contribution is 2.14. The molecule has 2 rings (SSSR count). The standard InChI is InChI=1S/C16H10O4/c17-15(18)13-7-4-8-14(16(19)20)12(13)10-9-11-5-2-1-3-6-11/h1-8H,(H,17,18)(H,19,20). The molecule has 0 saturated heterocycles. The van der Waals surface area contributed by atoms with Crippen LogP contribution in [0.3, 0.4) is 0 Å². The fraction of sp³-hybridized carbons (Fsp3) is 0. The summed E-state index contributed by atoms with van der Waals surface area (Å²) in [6, 6.07) is 13.0. The summed E-state index contributed by atoms with van der Waals surface area (Å²) in [6.07, 6.45) is 0. The average Bonchev–Trinajstić information content (AvgIpc) is 2.45. The minimum atomic E-state index is -1.20. The van der Waals surface area contributed by atoms with Gasteiger partial charge in [0.1, 0.15) is 0 Å². The Morgan fingerprint density at radius 2 is 1.30 bits per heavy atom. The van der Waals surface area contributed by atoms with Crippen molar-refractivity contribution in [2.24, 2.45) is 0 Å². The van der Waals surface area contributed by atoms with Crippen molar-refractivity contribution in [1.82, 2.24) is 0 Å². The van der Waals surface area contributed by atoms with Crippen molar-refractivity contribution in [3.05, 3.63) is 70.8 Å². The van der Waals surface area contributed by atoms with Crippen LogP contribution in [0.25, 0.3) is 0 Å². The van der Waals surface area contributed by atoms with Crippen molar-refractivity contribution in [2.45, 2.75) is 0 Å². The van der Waals surface area contributed by atoms with Crippen molar-refractivity contribution in [3.8, 4) is 11.8 Å². The highest BCUT2D eigenvalue weighted by Gasteiger charge is 2.16. The van der Waals surface area contributed by atoms with Crippen molar-refractivity contribution in [2.75, 3.05) is 0 Å². The number of carboxylic acids is 2. The van der Waals surface area contributed by atoms with Crippen LogP contribution in [0, 0.1) is 11.8 Å². The number of hydrogen-bond acceptors (Lipinski definition) is 2. The number of hydrogen-bond donors (Lipinski definition) is 2. The monoisotopic (exact) mass is 266 g/mol. The third-order valence-corrected chi connectivity index (χ3v) is 2.63. The summed E-state index contributed by atoms with van der Waals surface area (Å²) in [5.74, 6) is 3.02. The Morgan fingerprint density at radius 3 is 1.80 bits per heavy atom. The molecular weight excluding hydrogens is 256 g/mol. The minimum absolute atomic E-state index is 0.0105. The van der Waals surface area contributed by atoms with Gasteiger partial charge in [0, 0.05) is 5.56 Å². The number of benzene rings is 2. The molecule has 0 atom stereocenters. The molecule has 2 aromatic carbocycles. The summed E-state index contributed by atoms with van der Waals surface area (Å²) in [4.78, 5) is 22.3. The van der Waals surface area contributed by atoms with E-state index >= 15 is 0 Å². The summed E-state index contributed by atoms with van der Waals surface area (Å²) in [6.45, 7) is 0. The highest BCUT2D eigenvalue weighted by molar-refractivity contribution is 5.98. The van der Waals surface area contributed by atoms with E-state index in [-0.39, 0.29) is 16.7 Å². The lowest BCUT2D eigenvalue weighted by Gasteiger charge is -2.03. The largest absolute Gasteiger partial charge is 0.478 e. The first-order valence-electron chi connectivity index (χ1n) is 5.76. The molecule has 0 bridgehead atoms. The Hall–Kier alpha value is -3.06. The summed E-state index contributed by atoms with van der Waals surface area (Å²) in [5, 5.41) is 18.2. The lowest BCUT2D eigenvalue weighted by atomic mass is 10.0. The Kier molecular flexibility index (Phi) is 3.82. The van der Waals surface area contributed by atoms with Gasteiger partial charge in [-0.05, 0) is 24.3 Å². The molecule has 0 spiro atoms. The van der Waals surface area contributed by atoms with Gasteiger partial charge in [-0.1, -0.05) is 36.1 Å². The summed E-state index contributed by atoms with van der Waals surface area (Å²) >= 11 is 0. The number of rotatable bonds is 2. The van der Waals surface area contributed by atoms with Crippen LogP contribution in [0.4, 0.5) is 0 Å². The first-order valence-corrected chi connectivity index (χ1v) is 5.76. The van der Waals surface area contributed by atoms with Gasteiger partial charge in [-0.15, -0.1) is 0 Å². The molecule has 98 valence electrons. The van der Waals surface area contributed by atoms with E-state index in [4.69, 9.17) is 10.2 Å². The molecule has 0 aliphatic heterocycles. The topological polar surface area (TPSA) is 74.6 Å². The Balaban J connectivity index is 2.58. The van der Waals surface area contributed by atoms with E-state index in [1.165, 1.54) is 18.2 Å². The Labute approximate surface area is 115 Å². The molecule has 0 unspecified atom stereocenters. The number of carbonyl (C=O) groups is 2. The van der Waals surface area contributed by atoms with Gasteiger partial charge in [-0.3, -0.25) is 0 Å². The molecule has 0 amide bonds. The summed E-state index contributed by atoms with van der Waals surface area (Å²) in [5.41, 5.74) is 0.460. The van der Waals surface area contributed by atoms with Gasteiger partial charge in [-0.25, -0.2) is 9.59 Å². The van der Waals surface area contributed by atoms with Gasteiger partial charge in [0.2, 0.25) is 0 Å². The molecule has 0 saturated carbocycles. The van der Waals surface area contributed by atoms with Crippen LogP contribution >= 0.6 is 0 Å². The Morgan fingerprint density at radius 1 is 0.750 bits per heavy atom. The average molecular weight is 266 g/mol. The van der Waals surface area contributed by atoms with E-state index in [1.54, 1.807) is 24.3 Å². The van der Waals surface area contributed by atoms with E-state index in [0.29, 0.717) is 5.56 Å². The van der Waals surface area contributed by atoms with E-state index in [1.807, 2.05) is 6.07 Å². The van der Waals surface area contributed by atoms with Gasteiger partial charge in [0.05, 0.1) is 16.7 Å². The zero-order chi connectivity index (χ0) is 14.5. The summed E-state index contributed by atoms with van der Waals surface area (Å²) in [7, 11) is 0. The molecule has 20 heavy (non-hydrogen) atoms. The maximum absolute atomic E-state index is 11.1. The molecule has 0 aliphatic carbocycles. The zero-order valence-corrected chi connectivity index (χ0v) is 10.3. The van der Waals surface area contributed by atoms with Crippen LogP contribution in [-0.4, -0.2) is 22.2 Å². The maximum atomic E-state index is 11.1. The van der Waals surface area contributed by atoms with E-state index < -0.39 is 11.9 Å². The lowest BCUT2D eigenvalue weighted by Crippen LogP contribution is -2.07. The van der Waals surface area contributed by atoms with Crippen molar-refractivity contribution in [3.63, 3.8) is 0 Å². The molecule has 0 radical (unpaired) electrons. The van der Waals surface area contributed by atoms with Crippen LogP contribution in [0.2, 0.25) is 0 Å². The zero-order valence-electron chi connectivity index (χ0n) is 10.3. The molecule has 0 aliphatic rings. The van der Waals surface area contributed by atoms with E-state index in [2.05, 4.69) is 11.8 Å². The van der Waals surface area contributed by atoms with E-state index in [9.17, 15) is 9.59 Å². The fourth-order valence-corrected chi connectivity index (χ4v) is 1.70. The van der Waals surface area contributed by atoms with Crippen LogP contribution in [0.5, 0.6) is 0 Å². The van der Waals surface area contributed by atoms with Gasteiger partial charge >= 0.3 is 11.9 Å². The SMILES string of the molecule is O=C(O)c1cccc(C(=O)O)c1C#Cc1ccccc1. The smallest absolute Gasteiger partial charge is 0.336 e. The first kappa shape index (κ1) is 13.4. The quantitative estimate of drug-likeness (QED) is 0.819. The number of carboxylic acid groups (broad SMARTS) is 2. The van der Waals surface area contributed by atoms with Gasteiger partial charge in [0.15, 0.2) is 0 Å². The van der Waals surface area contributed by atoms with E-state index in [0.717, 1.165) is 0 Å². The normalized spacial score (nSPS) is 9.40. The van der Waals surface area contributed by atoms with Crippen LogP contribution < -0.4 is 0 Å². The molecule has 4 nitrogen and oxygen atoms in total. The molecule has 4 heteroatoms. The third-order valence-electron chi connectivity index (χ3n) is 2.63. The molecule has 0 fully saturated rings.